The topological polar surface area (TPSA) is 67.1 Å². The van der Waals surface area contributed by atoms with Crippen molar-refractivity contribution in [2.75, 3.05) is 13.1 Å². The molecule has 0 spiro atoms. The van der Waals surface area contributed by atoms with Crippen LogP contribution in [0.3, 0.4) is 0 Å². The summed E-state index contributed by atoms with van der Waals surface area (Å²) >= 11 is 1.74. The van der Waals surface area contributed by atoms with Crippen LogP contribution in [0.25, 0.3) is 5.69 Å². The van der Waals surface area contributed by atoms with Crippen LogP contribution >= 0.6 is 11.3 Å². The summed E-state index contributed by atoms with van der Waals surface area (Å²) < 4.78 is 1.99. The van der Waals surface area contributed by atoms with Crippen LogP contribution in [0.15, 0.2) is 41.5 Å². The van der Waals surface area contributed by atoms with E-state index in [9.17, 15) is 0 Å². The Bertz CT molecular complexity index is 940. The highest BCUT2D eigenvalue weighted by Gasteiger charge is 2.09. The Kier molecular flexibility index (Phi) is 6.81. The first kappa shape index (κ1) is 20.1. The number of hydrogen-bond donors (Lipinski definition) is 2. The zero-order valence-electron chi connectivity index (χ0n) is 17.0. The van der Waals surface area contributed by atoms with Crippen LogP contribution in [-0.4, -0.2) is 33.8 Å². The third-order valence-electron chi connectivity index (χ3n) is 4.28. The quantitative estimate of drug-likeness (QED) is 0.473. The maximum atomic E-state index is 4.78. The van der Waals surface area contributed by atoms with Crippen molar-refractivity contribution in [2.45, 2.75) is 40.7 Å². The fraction of sp³-hybridized carbons (Fsp3) is 0.381. The zero-order chi connectivity index (χ0) is 19.9. The molecule has 0 aliphatic rings. The molecule has 0 saturated carbocycles. The predicted molar refractivity (Wildman–Crippen MR) is 116 cm³/mol. The molecule has 0 fully saturated rings. The lowest BCUT2D eigenvalue weighted by atomic mass is 10.2. The molecule has 3 aromatic rings. The standard InChI is InChI=1S/C21H28N6S/c1-5-22-21(23-11-10-20-24-13-17(4)28-20)25-14-18-8-6-7-9-19(18)27-16(3)12-15(2)26-27/h6-9,12-13H,5,10-11,14H2,1-4H3,(H2,22,23,25). The third-order valence-corrected chi connectivity index (χ3v) is 5.25. The molecular formula is C21H28N6S. The number of benzene rings is 1. The summed E-state index contributed by atoms with van der Waals surface area (Å²) in [5.41, 5.74) is 4.35. The van der Waals surface area contributed by atoms with E-state index >= 15 is 0 Å². The summed E-state index contributed by atoms with van der Waals surface area (Å²) in [7, 11) is 0. The fourth-order valence-electron chi connectivity index (χ4n) is 3.03. The number of guanidine groups is 1. The lowest BCUT2D eigenvalue weighted by Crippen LogP contribution is -2.38. The number of aryl methyl sites for hydroxylation is 3. The van der Waals surface area contributed by atoms with E-state index in [4.69, 9.17) is 4.99 Å². The summed E-state index contributed by atoms with van der Waals surface area (Å²) in [6.45, 7) is 10.5. The molecule has 148 valence electrons. The Balaban J connectivity index is 1.70. The van der Waals surface area contributed by atoms with Gasteiger partial charge in [0.25, 0.3) is 0 Å². The molecule has 1 aromatic carbocycles. The molecule has 2 N–H and O–H groups in total. The van der Waals surface area contributed by atoms with Crippen molar-refractivity contribution >= 4 is 17.3 Å². The van der Waals surface area contributed by atoms with Crippen LogP contribution in [0.5, 0.6) is 0 Å². The van der Waals surface area contributed by atoms with E-state index in [0.29, 0.717) is 6.54 Å². The Morgan fingerprint density at radius 1 is 1.18 bits per heavy atom. The van der Waals surface area contributed by atoms with Crippen LogP contribution in [0.2, 0.25) is 0 Å². The molecule has 0 radical (unpaired) electrons. The second-order valence-electron chi connectivity index (χ2n) is 6.70. The molecule has 0 aliphatic heterocycles. The van der Waals surface area contributed by atoms with Gasteiger partial charge in [-0.05, 0) is 45.4 Å². The van der Waals surface area contributed by atoms with Crippen LogP contribution in [0.1, 0.15) is 33.8 Å². The molecule has 0 amide bonds. The van der Waals surface area contributed by atoms with E-state index in [0.717, 1.165) is 53.1 Å². The van der Waals surface area contributed by atoms with Gasteiger partial charge in [-0.2, -0.15) is 5.10 Å². The molecule has 2 heterocycles. The molecule has 7 heteroatoms. The van der Waals surface area contributed by atoms with Gasteiger partial charge in [0, 0.05) is 36.3 Å². The number of para-hydroxylation sites is 1. The Morgan fingerprint density at radius 2 is 2.00 bits per heavy atom. The van der Waals surface area contributed by atoms with Gasteiger partial charge in [-0.15, -0.1) is 11.3 Å². The van der Waals surface area contributed by atoms with Crippen LogP contribution in [-0.2, 0) is 13.0 Å². The van der Waals surface area contributed by atoms with E-state index in [2.05, 4.69) is 59.7 Å². The SMILES string of the molecule is CCNC(=NCc1ccccc1-n1nc(C)cc1C)NCCc1ncc(C)s1. The van der Waals surface area contributed by atoms with Gasteiger partial charge in [0.05, 0.1) is 22.9 Å². The highest BCUT2D eigenvalue weighted by molar-refractivity contribution is 7.11. The van der Waals surface area contributed by atoms with E-state index < -0.39 is 0 Å². The molecular weight excluding hydrogens is 368 g/mol. The lowest BCUT2D eigenvalue weighted by molar-refractivity contribution is 0.789. The maximum Gasteiger partial charge on any atom is 0.191 e. The highest BCUT2D eigenvalue weighted by atomic mass is 32.1. The number of thiazole rings is 1. The van der Waals surface area contributed by atoms with Crippen molar-refractivity contribution in [3.8, 4) is 5.69 Å². The van der Waals surface area contributed by atoms with Crippen molar-refractivity contribution in [3.05, 3.63) is 63.4 Å². The van der Waals surface area contributed by atoms with Crippen LogP contribution in [0, 0.1) is 20.8 Å². The minimum absolute atomic E-state index is 0.584. The second-order valence-corrected chi connectivity index (χ2v) is 8.02. The van der Waals surface area contributed by atoms with Gasteiger partial charge in [-0.25, -0.2) is 14.7 Å². The van der Waals surface area contributed by atoms with E-state index in [1.54, 1.807) is 11.3 Å². The number of nitrogens with one attached hydrogen (secondary N) is 2. The van der Waals surface area contributed by atoms with Gasteiger partial charge >= 0.3 is 0 Å². The molecule has 6 nitrogen and oxygen atoms in total. The van der Waals surface area contributed by atoms with Crippen LogP contribution in [0.4, 0.5) is 0 Å². The molecule has 3 rings (SSSR count). The first-order valence-corrected chi connectivity index (χ1v) is 10.4. The summed E-state index contributed by atoms with van der Waals surface area (Å²) in [5.74, 6) is 0.818. The van der Waals surface area contributed by atoms with E-state index in [1.165, 1.54) is 4.88 Å². The first-order chi connectivity index (χ1) is 13.6. The van der Waals surface area contributed by atoms with Gasteiger partial charge in [-0.1, -0.05) is 18.2 Å². The minimum Gasteiger partial charge on any atom is -0.357 e. The number of rotatable bonds is 7. The van der Waals surface area contributed by atoms with Crippen LogP contribution < -0.4 is 10.6 Å². The molecule has 28 heavy (non-hydrogen) atoms. The van der Waals surface area contributed by atoms with Crippen molar-refractivity contribution in [2.24, 2.45) is 4.99 Å². The highest BCUT2D eigenvalue weighted by Crippen LogP contribution is 2.18. The molecule has 0 saturated heterocycles. The maximum absolute atomic E-state index is 4.78. The Morgan fingerprint density at radius 3 is 2.68 bits per heavy atom. The van der Waals surface area contributed by atoms with Gasteiger partial charge in [0.15, 0.2) is 5.96 Å². The molecule has 2 aromatic heterocycles. The molecule has 0 bridgehead atoms. The van der Waals surface area contributed by atoms with Crippen molar-refractivity contribution < 1.29 is 0 Å². The van der Waals surface area contributed by atoms with Gasteiger partial charge in [0.2, 0.25) is 0 Å². The average Bonchev–Trinajstić information content (AvgIpc) is 3.24. The average molecular weight is 397 g/mol. The number of aliphatic imine (C=N–C) groups is 1. The summed E-state index contributed by atoms with van der Waals surface area (Å²) in [5, 5.41) is 12.5. The molecule has 0 atom stereocenters. The summed E-state index contributed by atoms with van der Waals surface area (Å²) in [6, 6.07) is 10.4. The zero-order valence-corrected chi connectivity index (χ0v) is 17.8. The monoisotopic (exact) mass is 396 g/mol. The van der Waals surface area contributed by atoms with Crippen molar-refractivity contribution in [3.63, 3.8) is 0 Å². The normalized spacial score (nSPS) is 11.6. The Hall–Kier alpha value is -2.67. The smallest absolute Gasteiger partial charge is 0.191 e. The van der Waals surface area contributed by atoms with Gasteiger partial charge < -0.3 is 10.6 Å². The van der Waals surface area contributed by atoms with Gasteiger partial charge in [0.1, 0.15) is 0 Å². The van der Waals surface area contributed by atoms with Crippen molar-refractivity contribution in [1.82, 2.24) is 25.4 Å². The third kappa shape index (κ3) is 5.19. The van der Waals surface area contributed by atoms with Crippen molar-refractivity contribution in [1.29, 1.82) is 0 Å². The number of nitrogens with zero attached hydrogens (tertiary/aromatic N) is 4. The first-order valence-electron chi connectivity index (χ1n) is 9.62. The predicted octanol–water partition coefficient (Wildman–Crippen LogP) is 3.55. The Labute approximate surface area is 170 Å². The largest absolute Gasteiger partial charge is 0.357 e. The minimum atomic E-state index is 0.584. The van der Waals surface area contributed by atoms with E-state index in [-0.39, 0.29) is 0 Å². The number of aromatic nitrogens is 3. The summed E-state index contributed by atoms with van der Waals surface area (Å²) in [6.07, 6.45) is 2.82. The summed E-state index contributed by atoms with van der Waals surface area (Å²) in [4.78, 5) is 10.4. The number of hydrogen-bond acceptors (Lipinski definition) is 4. The van der Waals surface area contributed by atoms with E-state index in [1.807, 2.05) is 29.9 Å². The molecule has 0 aliphatic carbocycles. The fourth-order valence-corrected chi connectivity index (χ4v) is 3.82. The van der Waals surface area contributed by atoms with Gasteiger partial charge in [-0.3, -0.25) is 0 Å². The lowest BCUT2D eigenvalue weighted by Gasteiger charge is -2.13. The molecule has 0 unspecified atom stereocenters. The second kappa shape index (κ2) is 9.50.